The van der Waals surface area contributed by atoms with Crippen molar-refractivity contribution < 1.29 is 27.5 Å². The van der Waals surface area contributed by atoms with E-state index in [-0.39, 0.29) is 10.8 Å². The first-order chi connectivity index (χ1) is 15.0. The normalized spacial score (nSPS) is 11.1. The number of imide groups is 1. The van der Waals surface area contributed by atoms with Crippen LogP contribution in [0.3, 0.4) is 0 Å². The maximum atomic E-state index is 12.8. The van der Waals surface area contributed by atoms with Gasteiger partial charge in [-0.1, -0.05) is 29.8 Å². The molecule has 0 aliphatic rings. The highest BCUT2D eigenvalue weighted by molar-refractivity contribution is 6.32. The summed E-state index contributed by atoms with van der Waals surface area (Å²) in [6.07, 6.45) is -4.51. The second-order valence-corrected chi connectivity index (χ2v) is 7.36. The van der Waals surface area contributed by atoms with Crippen LogP contribution in [0.25, 0.3) is 0 Å². The average Bonchev–Trinajstić information content (AvgIpc) is 2.70. The number of urea groups is 1. The van der Waals surface area contributed by atoms with Gasteiger partial charge in [0.15, 0.2) is 0 Å². The third-order valence-corrected chi connectivity index (χ3v) is 4.82. The smallest absolute Gasteiger partial charge is 0.416 e. The maximum absolute atomic E-state index is 12.8. The fourth-order valence-electron chi connectivity index (χ4n) is 2.88. The van der Waals surface area contributed by atoms with Crippen molar-refractivity contribution in [3.63, 3.8) is 0 Å². The summed E-state index contributed by atoms with van der Waals surface area (Å²) in [7, 11) is 0. The molecule has 166 valence electrons. The molecular formula is C23H18ClF3N2O3. The van der Waals surface area contributed by atoms with Crippen LogP contribution in [0.5, 0.6) is 11.5 Å². The Bertz CT molecular complexity index is 1180. The van der Waals surface area contributed by atoms with Crippen LogP contribution in [0.2, 0.25) is 5.02 Å². The minimum Gasteiger partial charge on any atom is -0.456 e. The van der Waals surface area contributed by atoms with Gasteiger partial charge in [-0.25, -0.2) is 4.79 Å². The van der Waals surface area contributed by atoms with Gasteiger partial charge in [0.05, 0.1) is 10.6 Å². The largest absolute Gasteiger partial charge is 0.456 e. The number of alkyl halides is 3. The number of rotatable bonds is 4. The molecular weight excluding hydrogens is 445 g/mol. The highest BCUT2D eigenvalue weighted by atomic mass is 35.5. The third-order valence-electron chi connectivity index (χ3n) is 4.53. The lowest BCUT2D eigenvalue weighted by molar-refractivity contribution is -0.137. The number of hydrogen-bond donors (Lipinski definition) is 2. The fourth-order valence-corrected chi connectivity index (χ4v) is 3.10. The van der Waals surface area contributed by atoms with E-state index in [0.29, 0.717) is 22.6 Å². The zero-order chi connectivity index (χ0) is 23.5. The van der Waals surface area contributed by atoms with Crippen molar-refractivity contribution in [2.75, 3.05) is 5.32 Å². The lowest BCUT2D eigenvalue weighted by atomic mass is 10.1. The van der Waals surface area contributed by atoms with E-state index in [1.165, 1.54) is 12.1 Å². The lowest BCUT2D eigenvalue weighted by Gasteiger charge is -2.14. The summed E-state index contributed by atoms with van der Waals surface area (Å²) in [4.78, 5) is 24.4. The minimum atomic E-state index is -4.51. The number of hydrogen-bond acceptors (Lipinski definition) is 3. The molecule has 3 aromatic rings. The van der Waals surface area contributed by atoms with E-state index in [1.54, 1.807) is 44.2 Å². The van der Waals surface area contributed by atoms with E-state index < -0.39 is 23.7 Å². The second-order valence-electron chi connectivity index (χ2n) is 6.95. The molecule has 9 heteroatoms. The third kappa shape index (κ3) is 5.59. The molecule has 5 nitrogen and oxygen atoms in total. The molecule has 0 fully saturated rings. The van der Waals surface area contributed by atoms with E-state index in [4.69, 9.17) is 16.3 Å². The topological polar surface area (TPSA) is 67.4 Å². The van der Waals surface area contributed by atoms with Crippen LogP contribution in [0.1, 0.15) is 27.0 Å². The molecule has 0 saturated carbocycles. The predicted molar refractivity (Wildman–Crippen MR) is 115 cm³/mol. The standard InChI is InChI=1S/C23H18ClF3N2O3/c1-13-5-3-4-6-17(13)21(30)29-22(31)28-16-8-10-19(14(2)11-16)32-20-9-7-15(12-18(20)24)23(25,26)27/h3-12H,1-2H3,(H2,28,29,30,31). The van der Waals surface area contributed by atoms with Crippen molar-refractivity contribution in [1.82, 2.24) is 5.32 Å². The van der Waals surface area contributed by atoms with Crippen molar-refractivity contribution in [2.24, 2.45) is 0 Å². The summed E-state index contributed by atoms with van der Waals surface area (Å²) >= 11 is 5.93. The van der Waals surface area contributed by atoms with E-state index in [0.717, 1.165) is 23.8 Å². The van der Waals surface area contributed by atoms with Gasteiger partial charge >= 0.3 is 12.2 Å². The first-order valence-corrected chi connectivity index (χ1v) is 9.75. The van der Waals surface area contributed by atoms with Crippen molar-refractivity contribution in [2.45, 2.75) is 20.0 Å². The molecule has 0 heterocycles. The van der Waals surface area contributed by atoms with E-state index in [9.17, 15) is 22.8 Å². The van der Waals surface area contributed by atoms with Crippen LogP contribution in [0, 0.1) is 13.8 Å². The molecule has 3 aromatic carbocycles. The molecule has 2 N–H and O–H groups in total. The number of aryl methyl sites for hydroxylation is 2. The number of nitrogens with one attached hydrogen (secondary N) is 2. The van der Waals surface area contributed by atoms with Crippen LogP contribution in [0.4, 0.5) is 23.7 Å². The van der Waals surface area contributed by atoms with E-state index in [2.05, 4.69) is 10.6 Å². The van der Waals surface area contributed by atoms with Crippen molar-refractivity contribution in [3.05, 3.63) is 87.9 Å². The SMILES string of the molecule is Cc1cc(NC(=O)NC(=O)c2ccccc2C)ccc1Oc1ccc(C(F)(F)F)cc1Cl. The van der Waals surface area contributed by atoms with Gasteiger partial charge in [0.25, 0.3) is 5.91 Å². The Morgan fingerprint density at radius 1 is 0.906 bits per heavy atom. The molecule has 3 rings (SSSR count). The number of carbonyl (C=O) groups excluding carboxylic acids is 2. The maximum Gasteiger partial charge on any atom is 0.416 e. The van der Waals surface area contributed by atoms with Crippen LogP contribution < -0.4 is 15.4 Å². The van der Waals surface area contributed by atoms with Gasteiger partial charge < -0.3 is 10.1 Å². The highest BCUT2D eigenvalue weighted by Crippen LogP contribution is 2.37. The van der Waals surface area contributed by atoms with Crippen LogP contribution in [-0.2, 0) is 6.18 Å². The average molecular weight is 463 g/mol. The predicted octanol–water partition coefficient (Wildman–Crippen LogP) is 6.73. The minimum absolute atomic E-state index is 0.0602. The van der Waals surface area contributed by atoms with Gasteiger partial charge in [0.1, 0.15) is 11.5 Å². The van der Waals surface area contributed by atoms with Crippen LogP contribution >= 0.6 is 11.6 Å². The molecule has 32 heavy (non-hydrogen) atoms. The Kier molecular flexibility index (Phi) is 6.74. The second kappa shape index (κ2) is 9.32. The molecule has 0 saturated heterocycles. The molecule has 0 aromatic heterocycles. The summed E-state index contributed by atoms with van der Waals surface area (Å²) < 4.78 is 43.9. The van der Waals surface area contributed by atoms with Gasteiger partial charge in [0, 0.05) is 11.3 Å². The van der Waals surface area contributed by atoms with Gasteiger partial charge in [-0.05, 0) is 67.4 Å². The molecule has 0 radical (unpaired) electrons. The number of benzene rings is 3. The monoisotopic (exact) mass is 462 g/mol. The van der Waals surface area contributed by atoms with Crippen LogP contribution in [-0.4, -0.2) is 11.9 Å². The molecule has 0 aliphatic carbocycles. The van der Waals surface area contributed by atoms with Gasteiger partial charge in [-0.3, -0.25) is 10.1 Å². The number of anilines is 1. The Hall–Kier alpha value is -3.52. The number of carbonyl (C=O) groups is 2. The molecule has 0 spiro atoms. The summed E-state index contributed by atoms with van der Waals surface area (Å²) in [5.74, 6) is -0.132. The highest BCUT2D eigenvalue weighted by Gasteiger charge is 2.31. The molecule has 0 aliphatic heterocycles. The number of halogens is 4. The van der Waals surface area contributed by atoms with Gasteiger partial charge in [-0.15, -0.1) is 0 Å². The van der Waals surface area contributed by atoms with Gasteiger partial charge in [-0.2, -0.15) is 13.2 Å². The molecule has 0 bridgehead atoms. The van der Waals surface area contributed by atoms with Crippen molar-refractivity contribution in [3.8, 4) is 11.5 Å². The summed E-state index contributed by atoms with van der Waals surface area (Å²) in [6.45, 7) is 3.45. The molecule has 0 unspecified atom stereocenters. The van der Waals surface area contributed by atoms with Crippen molar-refractivity contribution >= 4 is 29.2 Å². The fraction of sp³-hybridized carbons (Fsp3) is 0.130. The lowest BCUT2D eigenvalue weighted by Crippen LogP contribution is -2.34. The Morgan fingerprint density at radius 2 is 1.59 bits per heavy atom. The summed E-state index contributed by atoms with van der Waals surface area (Å²) in [5.41, 5.74) is 1.22. The first-order valence-electron chi connectivity index (χ1n) is 9.38. The van der Waals surface area contributed by atoms with Gasteiger partial charge in [0.2, 0.25) is 0 Å². The zero-order valence-corrected chi connectivity index (χ0v) is 17.8. The Balaban J connectivity index is 1.67. The van der Waals surface area contributed by atoms with E-state index in [1.807, 2.05) is 0 Å². The number of amides is 3. The van der Waals surface area contributed by atoms with E-state index >= 15 is 0 Å². The Labute approximate surface area is 187 Å². The zero-order valence-electron chi connectivity index (χ0n) is 17.0. The Morgan fingerprint density at radius 3 is 2.22 bits per heavy atom. The summed E-state index contributed by atoms with van der Waals surface area (Å²) in [6, 6.07) is 13.6. The number of ether oxygens (including phenoxy) is 1. The quantitative estimate of drug-likeness (QED) is 0.451. The molecule has 0 atom stereocenters. The van der Waals surface area contributed by atoms with Crippen molar-refractivity contribution in [1.29, 1.82) is 0 Å². The molecule has 3 amide bonds. The first kappa shape index (κ1) is 23.1. The summed E-state index contributed by atoms with van der Waals surface area (Å²) in [5, 5.41) is 4.62. The van der Waals surface area contributed by atoms with Crippen LogP contribution in [0.15, 0.2) is 60.7 Å².